The first-order chi connectivity index (χ1) is 13.0. The lowest BCUT2D eigenvalue weighted by molar-refractivity contribution is -0.137. The molecule has 0 bridgehead atoms. The number of hydrogen-bond donors (Lipinski definition) is 0. The molecule has 2 aromatic rings. The van der Waals surface area contributed by atoms with Gasteiger partial charge < -0.3 is 14.2 Å². The highest BCUT2D eigenvalue weighted by Crippen LogP contribution is 2.26. The molecule has 0 radical (unpaired) electrons. The lowest BCUT2D eigenvalue weighted by Gasteiger charge is -2.33. The molecule has 7 nitrogen and oxygen atoms in total. The van der Waals surface area contributed by atoms with Crippen molar-refractivity contribution < 1.29 is 18.8 Å². The number of benzene rings is 1. The van der Waals surface area contributed by atoms with E-state index in [1.807, 2.05) is 19.1 Å². The lowest BCUT2D eigenvalue weighted by Crippen LogP contribution is -2.44. The monoisotopic (exact) mass is 389 g/mol. The third-order valence-corrected chi connectivity index (χ3v) is 5.54. The van der Waals surface area contributed by atoms with Crippen LogP contribution in [0.3, 0.4) is 0 Å². The second kappa shape index (κ2) is 9.03. The van der Waals surface area contributed by atoms with Crippen LogP contribution in [0, 0.1) is 6.92 Å². The van der Waals surface area contributed by atoms with Crippen LogP contribution in [0.2, 0.25) is 0 Å². The highest BCUT2D eigenvalue weighted by atomic mass is 32.2. The van der Waals surface area contributed by atoms with E-state index in [1.54, 1.807) is 24.0 Å². The molecular weight excluding hydrogens is 366 g/mol. The Labute approximate surface area is 162 Å². The van der Waals surface area contributed by atoms with Crippen molar-refractivity contribution >= 4 is 23.6 Å². The minimum absolute atomic E-state index is 0.137. The number of likely N-dealkylation sites (tertiary alicyclic amines) is 1. The summed E-state index contributed by atoms with van der Waals surface area (Å²) >= 11 is 1.41. The molecule has 0 aliphatic carbocycles. The van der Waals surface area contributed by atoms with Gasteiger partial charge in [-0.3, -0.25) is 4.79 Å². The molecule has 1 aliphatic heterocycles. The van der Waals surface area contributed by atoms with Crippen LogP contribution in [-0.4, -0.2) is 46.1 Å². The molecule has 1 fully saturated rings. The van der Waals surface area contributed by atoms with E-state index in [-0.39, 0.29) is 18.6 Å². The Balaban J connectivity index is 1.58. The number of nitrogens with zero attached hydrogens (tertiary/aromatic N) is 3. The Morgan fingerprint density at radius 2 is 2.15 bits per heavy atom. The molecule has 1 saturated heterocycles. The number of carbonyl (C=O) groups is 2. The highest BCUT2D eigenvalue weighted by molar-refractivity contribution is 7.98. The number of amides is 1. The van der Waals surface area contributed by atoms with Crippen LogP contribution in [0.1, 0.15) is 48.3 Å². The SMILES string of the molecule is Cc1noc(CSc2ccccc2C(=O)OCC(=O)N2CCCCC2C)n1. The summed E-state index contributed by atoms with van der Waals surface area (Å²) < 4.78 is 10.4. The molecule has 0 N–H and O–H groups in total. The molecule has 1 aliphatic rings. The molecule has 27 heavy (non-hydrogen) atoms. The number of hydrogen-bond acceptors (Lipinski definition) is 7. The van der Waals surface area contributed by atoms with Crippen LogP contribution in [0.15, 0.2) is 33.7 Å². The standard InChI is InChI=1S/C19H23N3O4S/c1-13-7-5-6-10-22(13)18(23)11-25-19(24)15-8-3-4-9-16(15)27-12-17-20-14(2)21-26-17/h3-4,8-9,13H,5-7,10-12H2,1-2H3. The molecular formula is C19H23N3O4S. The molecule has 1 unspecified atom stereocenters. The van der Waals surface area contributed by atoms with Crippen molar-refractivity contribution in [1.82, 2.24) is 15.0 Å². The van der Waals surface area contributed by atoms with Crippen molar-refractivity contribution in [2.45, 2.75) is 49.8 Å². The minimum Gasteiger partial charge on any atom is -0.452 e. The summed E-state index contributed by atoms with van der Waals surface area (Å²) in [6.07, 6.45) is 3.13. The Morgan fingerprint density at radius 1 is 1.33 bits per heavy atom. The zero-order valence-corrected chi connectivity index (χ0v) is 16.3. The average molecular weight is 389 g/mol. The number of aryl methyl sites for hydroxylation is 1. The predicted molar refractivity (Wildman–Crippen MR) is 100 cm³/mol. The first-order valence-corrected chi connectivity index (χ1v) is 10.0. The first kappa shape index (κ1) is 19.4. The van der Waals surface area contributed by atoms with Gasteiger partial charge in [0.05, 0.1) is 11.3 Å². The first-order valence-electron chi connectivity index (χ1n) is 9.02. The van der Waals surface area contributed by atoms with E-state index in [0.717, 1.165) is 30.7 Å². The van der Waals surface area contributed by atoms with Gasteiger partial charge in [0, 0.05) is 17.5 Å². The van der Waals surface area contributed by atoms with E-state index >= 15 is 0 Å². The molecule has 8 heteroatoms. The van der Waals surface area contributed by atoms with E-state index in [0.29, 0.717) is 23.0 Å². The summed E-state index contributed by atoms with van der Waals surface area (Å²) in [4.78, 5) is 31.6. The van der Waals surface area contributed by atoms with Crippen LogP contribution in [0.5, 0.6) is 0 Å². The fraction of sp³-hybridized carbons (Fsp3) is 0.474. The second-order valence-corrected chi connectivity index (χ2v) is 7.55. The minimum atomic E-state index is -0.502. The van der Waals surface area contributed by atoms with E-state index in [9.17, 15) is 9.59 Å². The predicted octanol–water partition coefficient (Wildman–Crippen LogP) is 3.23. The summed E-state index contributed by atoms with van der Waals surface area (Å²) in [6.45, 7) is 4.28. The maximum absolute atomic E-state index is 12.5. The number of thioether (sulfide) groups is 1. The van der Waals surface area contributed by atoms with Gasteiger partial charge in [0.2, 0.25) is 5.89 Å². The van der Waals surface area contributed by atoms with E-state index < -0.39 is 5.97 Å². The number of esters is 1. The summed E-state index contributed by atoms with van der Waals surface area (Å²) in [5.41, 5.74) is 0.429. The maximum Gasteiger partial charge on any atom is 0.339 e. The molecule has 2 heterocycles. The molecule has 1 aromatic carbocycles. The van der Waals surface area contributed by atoms with Gasteiger partial charge in [-0.05, 0) is 45.2 Å². The van der Waals surface area contributed by atoms with Crippen molar-refractivity contribution in [2.75, 3.05) is 13.2 Å². The van der Waals surface area contributed by atoms with Gasteiger partial charge in [-0.15, -0.1) is 11.8 Å². The van der Waals surface area contributed by atoms with Gasteiger partial charge in [-0.25, -0.2) is 4.79 Å². The van der Waals surface area contributed by atoms with Crippen molar-refractivity contribution in [3.8, 4) is 0 Å². The Morgan fingerprint density at radius 3 is 2.89 bits per heavy atom. The molecule has 1 atom stereocenters. The number of rotatable bonds is 6. The Bertz CT molecular complexity index is 808. The van der Waals surface area contributed by atoms with Gasteiger partial charge in [0.25, 0.3) is 5.91 Å². The molecule has 144 valence electrons. The summed E-state index contributed by atoms with van der Waals surface area (Å²) in [5.74, 6) is 0.883. The van der Waals surface area contributed by atoms with Crippen molar-refractivity contribution in [3.05, 3.63) is 41.5 Å². The summed E-state index contributed by atoms with van der Waals surface area (Å²) in [6, 6.07) is 7.34. The van der Waals surface area contributed by atoms with Crippen molar-refractivity contribution in [3.63, 3.8) is 0 Å². The van der Waals surface area contributed by atoms with Crippen molar-refractivity contribution in [1.29, 1.82) is 0 Å². The number of ether oxygens (including phenoxy) is 1. The number of carbonyl (C=O) groups excluding carboxylic acids is 2. The fourth-order valence-corrected chi connectivity index (χ4v) is 3.93. The molecule has 3 rings (SSSR count). The van der Waals surface area contributed by atoms with E-state index in [1.165, 1.54) is 11.8 Å². The average Bonchev–Trinajstić information content (AvgIpc) is 3.10. The highest BCUT2D eigenvalue weighted by Gasteiger charge is 2.24. The zero-order valence-electron chi connectivity index (χ0n) is 15.5. The number of piperidine rings is 1. The quantitative estimate of drug-likeness (QED) is 0.554. The maximum atomic E-state index is 12.5. The Kier molecular flexibility index (Phi) is 6.49. The smallest absolute Gasteiger partial charge is 0.339 e. The van der Waals surface area contributed by atoms with Crippen LogP contribution >= 0.6 is 11.8 Å². The van der Waals surface area contributed by atoms with Crippen LogP contribution in [-0.2, 0) is 15.3 Å². The fourth-order valence-electron chi connectivity index (χ4n) is 3.06. The topological polar surface area (TPSA) is 85.5 Å². The molecule has 1 amide bonds. The molecule has 0 saturated carbocycles. The van der Waals surface area contributed by atoms with Gasteiger partial charge in [0.1, 0.15) is 0 Å². The van der Waals surface area contributed by atoms with Crippen LogP contribution in [0.25, 0.3) is 0 Å². The van der Waals surface area contributed by atoms with Gasteiger partial charge in [-0.2, -0.15) is 4.98 Å². The molecule has 1 aromatic heterocycles. The summed E-state index contributed by atoms with van der Waals surface area (Å²) in [5, 5.41) is 3.75. The van der Waals surface area contributed by atoms with E-state index in [4.69, 9.17) is 9.26 Å². The van der Waals surface area contributed by atoms with Gasteiger partial charge >= 0.3 is 5.97 Å². The normalized spacial score (nSPS) is 17.0. The van der Waals surface area contributed by atoms with Crippen molar-refractivity contribution in [2.24, 2.45) is 0 Å². The number of aromatic nitrogens is 2. The summed E-state index contributed by atoms with van der Waals surface area (Å²) in [7, 11) is 0. The van der Waals surface area contributed by atoms with Gasteiger partial charge in [0.15, 0.2) is 12.4 Å². The molecule has 0 spiro atoms. The van der Waals surface area contributed by atoms with Gasteiger partial charge in [-0.1, -0.05) is 17.3 Å². The van der Waals surface area contributed by atoms with E-state index in [2.05, 4.69) is 10.1 Å². The van der Waals surface area contributed by atoms with Crippen LogP contribution in [0.4, 0.5) is 0 Å². The third-order valence-electron chi connectivity index (χ3n) is 4.48. The zero-order chi connectivity index (χ0) is 19.2. The third kappa shape index (κ3) is 5.09. The largest absolute Gasteiger partial charge is 0.452 e. The lowest BCUT2D eigenvalue weighted by atomic mass is 10.0. The Hall–Kier alpha value is -2.35. The second-order valence-electron chi connectivity index (χ2n) is 6.53. The van der Waals surface area contributed by atoms with Crippen LogP contribution < -0.4 is 0 Å².